The summed E-state index contributed by atoms with van der Waals surface area (Å²) in [7, 11) is 0. The summed E-state index contributed by atoms with van der Waals surface area (Å²) in [5.41, 5.74) is 2.05. The zero-order valence-corrected chi connectivity index (χ0v) is 14.2. The molecule has 124 valence electrons. The zero-order valence-electron chi connectivity index (χ0n) is 18.2. The normalized spacial score (nSPS) is 40.5. The van der Waals surface area contributed by atoms with Crippen molar-refractivity contribution in [3.63, 3.8) is 0 Å². The third-order valence-corrected chi connectivity index (χ3v) is 6.01. The molecule has 0 aromatic heterocycles. The summed E-state index contributed by atoms with van der Waals surface area (Å²) in [6.07, 6.45) is 8.98. The van der Waals surface area contributed by atoms with Gasteiger partial charge in [0.25, 0.3) is 0 Å². The van der Waals surface area contributed by atoms with E-state index in [1.165, 1.54) is 19.3 Å². The van der Waals surface area contributed by atoms with Crippen molar-refractivity contribution in [3.8, 4) is 0 Å². The molecule has 0 radical (unpaired) electrons. The fourth-order valence-electron chi connectivity index (χ4n) is 4.83. The predicted octanol–water partition coefficient (Wildman–Crippen LogP) is 4.94. The molecule has 2 fully saturated rings. The van der Waals surface area contributed by atoms with Gasteiger partial charge in [-0.1, -0.05) is 43.5 Å². The van der Waals surface area contributed by atoms with Crippen molar-refractivity contribution >= 4 is 5.69 Å². The van der Waals surface area contributed by atoms with E-state index < -0.39 is 18.9 Å². The number of rotatable bonds is 2. The van der Waals surface area contributed by atoms with Crippen molar-refractivity contribution in [2.75, 3.05) is 4.90 Å². The number of para-hydroxylation sites is 1. The number of nitrogens with zero attached hydrogens (tertiary/aromatic N) is 2. The average Bonchev–Trinajstić information content (AvgIpc) is 3.13. The Balaban J connectivity index is 1.77. The van der Waals surface area contributed by atoms with Crippen LogP contribution in [0.3, 0.4) is 0 Å². The lowest BCUT2D eigenvalue weighted by Crippen LogP contribution is -2.40. The second-order valence-corrected chi connectivity index (χ2v) is 7.35. The van der Waals surface area contributed by atoms with Gasteiger partial charge < -0.3 is 9.80 Å². The Labute approximate surface area is 146 Å². The first-order valence-corrected chi connectivity index (χ1v) is 9.06. The van der Waals surface area contributed by atoms with E-state index in [-0.39, 0.29) is 12.1 Å². The van der Waals surface area contributed by atoms with Gasteiger partial charge >= 0.3 is 0 Å². The molecular formula is C21H30N2. The second-order valence-electron chi connectivity index (χ2n) is 7.35. The molecule has 1 aromatic rings. The Morgan fingerprint density at radius 2 is 1.96 bits per heavy atom. The number of aryl methyl sites for hydroxylation is 1. The molecule has 0 N–H and O–H groups in total. The standard InChI is InChI=1S/C21H30N2/c1-15-9-7-8-12-20(15)23-16(2)21-19(13-14-22(21)17(23)3)18-10-5-4-6-11-18/h7-9,12-14,16-19,21H,4-6,10-11H2,1-3H3/t16-,17?,19?,21?/m0/s1/i3D3,19D. The Morgan fingerprint density at radius 1 is 1.17 bits per heavy atom. The van der Waals surface area contributed by atoms with Crippen molar-refractivity contribution in [1.82, 2.24) is 4.90 Å². The van der Waals surface area contributed by atoms with E-state index in [2.05, 4.69) is 11.8 Å². The summed E-state index contributed by atoms with van der Waals surface area (Å²) in [4.78, 5) is 4.04. The van der Waals surface area contributed by atoms with Gasteiger partial charge in [-0.3, -0.25) is 0 Å². The molecule has 4 rings (SSSR count). The summed E-state index contributed by atoms with van der Waals surface area (Å²) >= 11 is 0. The number of hydrogen-bond donors (Lipinski definition) is 0. The lowest BCUT2D eigenvalue weighted by Gasteiger charge is -2.34. The van der Waals surface area contributed by atoms with E-state index in [1.807, 2.05) is 48.4 Å². The highest BCUT2D eigenvalue weighted by atomic mass is 15.5. The monoisotopic (exact) mass is 314 g/mol. The van der Waals surface area contributed by atoms with Crippen LogP contribution in [0.15, 0.2) is 36.5 Å². The SMILES string of the molecule is [2H]C([2H])([2H])C1N2C=CC([2H])(C3CCCCC3)C2[C@H](C)N1c1ccccc1C. The topological polar surface area (TPSA) is 6.48 Å². The molecule has 1 saturated carbocycles. The summed E-state index contributed by atoms with van der Waals surface area (Å²) in [5.74, 6) is -0.394. The molecule has 4 atom stereocenters. The Bertz CT molecular complexity index is 725. The molecule has 1 aromatic carbocycles. The van der Waals surface area contributed by atoms with Crippen LogP contribution in [0.5, 0.6) is 0 Å². The molecule has 23 heavy (non-hydrogen) atoms. The van der Waals surface area contributed by atoms with Gasteiger partial charge in [0.2, 0.25) is 0 Å². The fraction of sp³-hybridized carbons (Fsp3) is 0.619. The molecule has 0 spiro atoms. The van der Waals surface area contributed by atoms with E-state index in [0.29, 0.717) is 5.92 Å². The molecule has 1 aliphatic carbocycles. The number of fused-ring (bicyclic) bond motifs is 1. The molecule has 2 heterocycles. The maximum atomic E-state index is 9.39. The highest BCUT2D eigenvalue weighted by Gasteiger charge is 2.49. The maximum absolute atomic E-state index is 9.39. The van der Waals surface area contributed by atoms with Crippen molar-refractivity contribution in [3.05, 3.63) is 42.1 Å². The Kier molecular flexibility index (Phi) is 2.86. The van der Waals surface area contributed by atoms with Crippen LogP contribution in [0.1, 0.15) is 56.9 Å². The largest absolute Gasteiger partial charge is 0.352 e. The van der Waals surface area contributed by atoms with Crippen LogP contribution < -0.4 is 4.90 Å². The molecule has 2 aliphatic heterocycles. The first kappa shape index (κ1) is 11.2. The zero-order chi connectivity index (χ0) is 19.4. The van der Waals surface area contributed by atoms with Gasteiger partial charge in [-0.2, -0.15) is 0 Å². The summed E-state index contributed by atoms with van der Waals surface area (Å²) in [6.45, 7) is 2.00. The van der Waals surface area contributed by atoms with Crippen LogP contribution in [0.2, 0.25) is 0 Å². The quantitative estimate of drug-likeness (QED) is 0.762. The van der Waals surface area contributed by atoms with E-state index in [0.717, 1.165) is 24.1 Å². The molecule has 0 amide bonds. The maximum Gasteiger partial charge on any atom is 0.0989 e. The van der Waals surface area contributed by atoms with Crippen LogP contribution in [-0.2, 0) is 0 Å². The van der Waals surface area contributed by atoms with E-state index in [4.69, 9.17) is 4.11 Å². The van der Waals surface area contributed by atoms with Crippen LogP contribution in [-0.4, -0.2) is 23.1 Å². The van der Waals surface area contributed by atoms with Gasteiger partial charge in [0.05, 0.1) is 12.2 Å². The summed E-state index contributed by atoms with van der Waals surface area (Å²) < 4.78 is 34.1. The molecule has 3 aliphatic rings. The minimum atomic E-state index is -2.15. The molecular weight excluding hydrogens is 280 g/mol. The number of anilines is 1. The van der Waals surface area contributed by atoms with Crippen LogP contribution >= 0.6 is 0 Å². The highest BCUT2D eigenvalue weighted by molar-refractivity contribution is 5.56. The summed E-state index contributed by atoms with van der Waals surface area (Å²) in [5, 5.41) is 0. The first-order valence-electron chi connectivity index (χ1n) is 11.1. The second kappa shape index (κ2) is 5.89. The smallest absolute Gasteiger partial charge is 0.0989 e. The minimum Gasteiger partial charge on any atom is -0.352 e. The fourth-order valence-corrected chi connectivity index (χ4v) is 4.83. The van der Waals surface area contributed by atoms with Crippen molar-refractivity contribution in [2.24, 2.45) is 11.8 Å². The number of hydrogen-bond acceptors (Lipinski definition) is 2. The van der Waals surface area contributed by atoms with Gasteiger partial charge in [-0.15, -0.1) is 0 Å². The molecule has 1 saturated heterocycles. The van der Waals surface area contributed by atoms with Gasteiger partial charge in [0.1, 0.15) is 0 Å². The van der Waals surface area contributed by atoms with Crippen LogP contribution in [0.4, 0.5) is 5.69 Å². The Hall–Kier alpha value is -1.44. The van der Waals surface area contributed by atoms with Gasteiger partial charge in [0.15, 0.2) is 0 Å². The van der Waals surface area contributed by atoms with Crippen molar-refractivity contribution in [1.29, 1.82) is 0 Å². The third kappa shape index (κ3) is 2.38. The van der Waals surface area contributed by atoms with E-state index in [9.17, 15) is 1.37 Å². The molecule has 2 heteroatoms. The highest BCUT2D eigenvalue weighted by Crippen LogP contribution is 2.45. The van der Waals surface area contributed by atoms with E-state index in [1.54, 1.807) is 0 Å². The average molecular weight is 315 g/mol. The van der Waals surface area contributed by atoms with Gasteiger partial charge in [-0.25, -0.2) is 0 Å². The lowest BCUT2D eigenvalue weighted by molar-refractivity contribution is 0.190. The van der Waals surface area contributed by atoms with Crippen molar-refractivity contribution < 1.29 is 5.48 Å². The lowest BCUT2D eigenvalue weighted by atomic mass is 9.76. The van der Waals surface area contributed by atoms with Crippen molar-refractivity contribution in [2.45, 2.75) is 71.1 Å². The minimum absolute atomic E-state index is 0.0362. The predicted molar refractivity (Wildman–Crippen MR) is 97.4 cm³/mol. The molecule has 3 unspecified atom stereocenters. The third-order valence-electron chi connectivity index (χ3n) is 6.01. The molecule has 2 nitrogen and oxygen atoms in total. The van der Waals surface area contributed by atoms with Crippen LogP contribution in [0, 0.1) is 18.7 Å². The van der Waals surface area contributed by atoms with Gasteiger partial charge in [0, 0.05) is 23.1 Å². The van der Waals surface area contributed by atoms with Crippen LogP contribution in [0.25, 0.3) is 0 Å². The molecule has 0 bridgehead atoms. The Morgan fingerprint density at radius 3 is 2.70 bits per heavy atom. The summed E-state index contributed by atoms with van der Waals surface area (Å²) in [6, 6.07) is 7.86. The first-order chi connectivity index (χ1) is 12.7. The number of benzene rings is 1. The van der Waals surface area contributed by atoms with E-state index >= 15 is 0 Å². The van der Waals surface area contributed by atoms with Gasteiger partial charge in [-0.05, 0) is 57.3 Å².